The molecule has 0 amide bonds. The monoisotopic (exact) mass is 348 g/mol. The highest BCUT2D eigenvalue weighted by molar-refractivity contribution is 9.11. The fraction of sp³-hybridized carbons (Fsp3) is 0.500. The lowest BCUT2D eigenvalue weighted by atomic mass is 10.0. The van der Waals surface area contributed by atoms with Crippen LogP contribution in [0.1, 0.15) is 44.2 Å². The van der Waals surface area contributed by atoms with Crippen LogP contribution in [0.3, 0.4) is 0 Å². The molecule has 2 nitrogen and oxygen atoms in total. The van der Waals surface area contributed by atoms with Gasteiger partial charge in [0.2, 0.25) is 0 Å². The number of rotatable bonds is 6. The minimum Gasteiger partial charge on any atom is -0.271 e. The van der Waals surface area contributed by atoms with Crippen molar-refractivity contribution in [1.82, 2.24) is 5.43 Å². The molecular weight excluding hydrogens is 332 g/mol. The average molecular weight is 350 g/mol. The van der Waals surface area contributed by atoms with Crippen LogP contribution in [-0.2, 0) is 0 Å². The molecule has 0 aliphatic carbocycles. The summed E-state index contributed by atoms with van der Waals surface area (Å²) in [6, 6.07) is 6.40. The predicted molar refractivity (Wildman–Crippen MR) is 76.0 cm³/mol. The normalized spacial score (nSPS) is 12.8. The molecule has 16 heavy (non-hydrogen) atoms. The molecule has 0 fully saturated rings. The summed E-state index contributed by atoms with van der Waals surface area (Å²) in [4.78, 5) is 0. The van der Waals surface area contributed by atoms with Gasteiger partial charge in [0.25, 0.3) is 0 Å². The topological polar surface area (TPSA) is 38.0 Å². The van der Waals surface area contributed by atoms with E-state index in [-0.39, 0.29) is 6.04 Å². The summed E-state index contributed by atoms with van der Waals surface area (Å²) >= 11 is 7.05. The number of hydrogen-bond acceptors (Lipinski definition) is 2. The van der Waals surface area contributed by atoms with Crippen LogP contribution in [0.25, 0.3) is 0 Å². The number of nitrogens with two attached hydrogens (primary N) is 1. The zero-order valence-electron chi connectivity index (χ0n) is 9.47. The molecule has 3 N–H and O–H groups in total. The number of hydrogen-bond donors (Lipinski definition) is 2. The molecule has 1 rings (SSSR count). The van der Waals surface area contributed by atoms with E-state index in [1.807, 2.05) is 12.1 Å². The Labute approximate surface area is 114 Å². The van der Waals surface area contributed by atoms with Gasteiger partial charge in [-0.05, 0) is 30.2 Å². The lowest BCUT2D eigenvalue weighted by Crippen LogP contribution is -2.28. The molecule has 0 radical (unpaired) electrons. The third-order valence-corrected chi connectivity index (χ3v) is 3.85. The Hall–Kier alpha value is 0.1000. The predicted octanol–water partition coefficient (Wildman–Crippen LogP) is 4.30. The van der Waals surface area contributed by atoms with Crippen molar-refractivity contribution in [2.75, 3.05) is 0 Å². The van der Waals surface area contributed by atoms with E-state index in [2.05, 4.69) is 50.3 Å². The minimum absolute atomic E-state index is 0.221. The highest BCUT2D eigenvalue weighted by Gasteiger charge is 2.12. The van der Waals surface area contributed by atoms with Gasteiger partial charge in [0.05, 0.1) is 0 Å². The van der Waals surface area contributed by atoms with Crippen LogP contribution in [0.5, 0.6) is 0 Å². The van der Waals surface area contributed by atoms with E-state index in [9.17, 15) is 0 Å². The molecular formula is C12H18Br2N2. The van der Waals surface area contributed by atoms with Crippen LogP contribution >= 0.6 is 31.9 Å². The highest BCUT2D eigenvalue weighted by atomic mass is 79.9. The standard InChI is InChI=1S/C12H18Br2N2/c1-2-3-4-5-12(16-15)10-8-9(13)6-7-11(10)14/h6-8,12,16H,2-5,15H2,1H3. The molecule has 1 atom stereocenters. The highest BCUT2D eigenvalue weighted by Crippen LogP contribution is 2.29. The summed E-state index contributed by atoms with van der Waals surface area (Å²) in [5, 5.41) is 0. The molecule has 1 aromatic rings. The van der Waals surface area contributed by atoms with Crippen LogP contribution in [0, 0.1) is 0 Å². The van der Waals surface area contributed by atoms with E-state index in [1.165, 1.54) is 24.8 Å². The first-order chi connectivity index (χ1) is 7.69. The van der Waals surface area contributed by atoms with Crippen LogP contribution in [0.2, 0.25) is 0 Å². The SMILES string of the molecule is CCCCCC(NN)c1cc(Br)ccc1Br. The second-order valence-corrected chi connectivity index (χ2v) is 5.65. The maximum atomic E-state index is 5.62. The van der Waals surface area contributed by atoms with Gasteiger partial charge >= 0.3 is 0 Å². The van der Waals surface area contributed by atoms with Crippen molar-refractivity contribution in [3.63, 3.8) is 0 Å². The molecule has 1 aromatic carbocycles. The minimum atomic E-state index is 0.221. The molecule has 0 bridgehead atoms. The Kier molecular flexibility index (Phi) is 6.58. The third-order valence-electron chi connectivity index (χ3n) is 2.63. The second kappa shape index (κ2) is 7.43. The summed E-state index contributed by atoms with van der Waals surface area (Å²) < 4.78 is 2.19. The Balaban J connectivity index is 2.73. The summed E-state index contributed by atoms with van der Waals surface area (Å²) in [6.07, 6.45) is 4.75. The molecule has 0 aliphatic rings. The third kappa shape index (κ3) is 4.17. The van der Waals surface area contributed by atoms with Gasteiger partial charge in [-0.25, -0.2) is 0 Å². The first kappa shape index (κ1) is 14.2. The summed E-state index contributed by atoms with van der Waals surface area (Å²) in [5.41, 5.74) is 4.11. The van der Waals surface area contributed by atoms with Gasteiger partial charge < -0.3 is 0 Å². The summed E-state index contributed by atoms with van der Waals surface area (Å²) in [5.74, 6) is 5.62. The van der Waals surface area contributed by atoms with Crippen molar-refractivity contribution in [2.24, 2.45) is 5.84 Å². The van der Waals surface area contributed by atoms with E-state index in [4.69, 9.17) is 5.84 Å². The Morgan fingerprint density at radius 1 is 1.31 bits per heavy atom. The van der Waals surface area contributed by atoms with Crippen LogP contribution in [-0.4, -0.2) is 0 Å². The van der Waals surface area contributed by atoms with E-state index in [0.717, 1.165) is 15.4 Å². The molecule has 0 saturated carbocycles. The lowest BCUT2D eigenvalue weighted by Gasteiger charge is -2.18. The van der Waals surface area contributed by atoms with E-state index >= 15 is 0 Å². The van der Waals surface area contributed by atoms with E-state index < -0.39 is 0 Å². The zero-order chi connectivity index (χ0) is 12.0. The molecule has 0 saturated heterocycles. The van der Waals surface area contributed by atoms with Gasteiger partial charge in [-0.15, -0.1) is 0 Å². The van der Waals surface area contributed by atoms with E-state index in [0.29, 0.717) is 0 Å². The van der Waals surface area contributed by atoms with Crippen molar-refractivity contribution in [3.8, 4) is 0 Å². The number of nitrogens with one attached hydrogen (secondary N) is 1. The summed E-state index contributed by atoms with van der Waals surface area (Å²) in [6.45, 7) is 2.21. The number of unbranched alkanes of at least 4 members (excludes halogenated alkanes) is 2. The van der Waals surface area contributed by atoms with Crippen LogP contribution in [0.4, 0.5) is 0 Å². The first-order valence-electron chi connectivity index (χ1n) is 5.60. The maximum absolute atomic E-state index is 5.62. The quantitative estimate of drug-likeness (QED) is 0.456. The molecule has 0 aromatic heterocycles. The Bertz CT molecular complexity index is 329. The molecule has 0 spiro atoms. The fourth-order valence-electron chi connectivity index (χ4n) is 1.71. The van der Waals surface area contributed by atoms with Gasteiger partial charge in [-0.1, -0.05) is 58.0 Å². The largest absolute Gasteiger partial charge is 0.271 e. The van der Waals surface area contributed by atoms with Gasteiger partial charge in [-0.2, -0.15) is 0 Å². The number of benzene rings is 1. The first-order valence-corrected chi connectivity index (χ1v) is 7.18. The van der Waals surface area contributed by atoms with Crippen molar-refractivity contribution >= 4 is 31.9 Å². The van der Waals surface area contributed by atoms with Crippen molar-refractivity contribution in [3.05, 3.63) is 32.7 Å². The smallest absolute Gasteiger partial charge is 0.0471 e. The maximum Gasteiger partial charge on any atom is 0.0471 e. The van der Waals surface area contributed by atoms with Crippen LogP contribution in [0.15, 0.2) is 27.1 Å². The van der Waals surface area contributed by atoms with Crippen LogP contribution < -0.4 is 11.3 Å². The molecule has 0 aliphatic heterocycles. The van der Waals surface area contributed by atoms with Crippen molar-refractivity contribution in [2.45, 2.75) is 38.6 Å². The zero-order valence-corrected chi connectivity index (χ0v) is 12.6. The van der Waals surface area contributed by atoms with Gasteiger partial charge in [0.1, 0.15) is 0 Å². The molecule has 90 valence electrons. The van der Waals surface area contributed by atoms with Crippen molar-refractivity contribution < 1.29 is 0 Å². The number of hydrazine groups is 1. The van der Waals surface area contributed by atoms with Crippen molar-refractivity contribution in [1.29, 1.82) is 0 Å². The van der Waals surface area contributed by atoms with E-state index in [1.54, 1.807) is 0 Å². The van der Waals surface area contributed by atoms with Gasteiger partial charge in [0, 0.05) is 15.0 Å². The Morgan fingerprint density at radius 2 is 2.06 bits per heavy atom. The molecule has 1 unspecified atom stereocenters. The lowest BCUT2D eigenvalue weighted by molar-refractivity contribution is 0.485. The average Bonchev–Trinajstić information content (AvgIpc) is 2.28. The van der Waals surface area contributed by atoms with Gasteiger partial charge in [-0.3, -0.25) is 11.3 Å². The molecule has 4 heteroatoms. The number of halogens is 2. The Morgan fingerprint density at radius 3 is 2.69 bits per heavy atom. The van der Waals surface area contributed by atoms with Gasteiger partial charge in [0.15, 0.2) is 0 Å². The fourth-order valence-corrected chi connectivity index (χ4v) is 2.61. The molecule has 0 heterocycles. The summed E-state index contributed by atoms with van der Waals surface area (Å²) in [7, 11) is 0. The second-order valence-electron chi connectivity index (χ2n) is 3.88.